The van der Waals surface area contributed by atoms with Crippen LogP contribution in [0.25, 0.3) is 0 Å². The Kier molecular flexibility index (Phi) is 5.86. The van der Waals surface area contributed by atoms with Crippen LogP contribution >= 0.6 is 9.39 Å². The van der Waals surface area contributed by atoms with E-state index in [-0.39, 0.29) is 10.9 Å². The normalized spacial score (nSPS) is 18.6. The summed E-state index contributed by atoms with van der Waals surface area (Å²) in [5.74, 6) is 0. The minimum Gasteiger partial charge on any atom is -0.287 e. The molecule has 0 aliphatic carbocycles. The van der Waals surface area contributed by atoms with Crippen LogP contribution in [0.3, 0.4) is 0 Å². The van der Waals surface area contributed by atoms with Gasteiger partial charge in [0.1, 0.15) is 0 Å². The monoisotopic (exact) mass is 345 g/mol. The highest BCUT2D eigenvalue weighted by Crippen LogP contribution is 2.24. The first-order valence-corrected chi connectivity index (χ1v) is 9.15. The van der Waals surface area contributed by atoms with Crippen molar-refractivity contribution in [2.75, 3.05) is 13.1 Å². The fourth-order valence-electron chi connectivity index (χ4n) is 2.57. The van der Waals surface area contributed by atoms with E-state index < -0.39 is 20.6 Å². The van der Waals surface area contributed by atoms with Crippen LogP contribution < -0.4 is 4.72 Å². The van der Waals surface area contributed by atoms with Crippen LogP contribution in [0, 0.1) is 10.1 Å². The molecule has 1 saturated heterocycles. The molecule has 0 radical (unpaired) electrons. The third-order valence-electron chi connectivity index (χ3n) is 3.67. The minimum absolute atomic E-state index is 0.177. The fourth-order valence-corrected chi connectivity index (χ4v) is 4.42. The Morgan fingerprint density at radius 3 is 2.41 bits per heavy atom. The summed E-state index contributed by atoms with van der Waals surface area (Å²) in [7, 11) is -1.22. The zero-order chi connectivity index (χ0) is 16.2. The Morgan fingerprint density at radius 2 is 1.82 bits per heavy atom. The number of nitro groups is 1. The average Bonchev–Trinajstić information content (AvgIpc) is 2.44. The van der Waals surface area contributed by atoms with Crippen molar-refractivity contribution in [3.8, 4) is 0 Å². The lowest BCUT2D eigenvalue weighted by atomic mass is 10.1. The Morgan fingerprint density at radius 1 is 1.23 bits per heavy atom. The van der Waals surface area contributed by atoms with Gasteiger partial charge in [0, 0.05) is 25.2 Å². The summed E-state index contributed by atoms with van der Waals surface area (Å²) in [6.45, 7) is 1.79. The van der Waals surface area contributed by atoms with Crippen molar-refractivity contribution in [2.45, 2.75) is 36.6 Å². The second kappa shape index (κ2) is 7.46. The highest BCUT2D eigenvalue weighted by Gasteiger charge is 2.27. The molecule has 0 amide bonds. The van der Waals surface area contributed by atoms with Gasteiger partial charge in [-0.1, -0.05) is 21.5 Å². The maximum Gasteiger partial charge on any atom is 0.289 e. The molecule has 1 aliphatic rings. The first-order valence-electron chi connectivity index (χ1n) is 7.15. The number of hydrogen-bond acceptors (Lipinski definition) is 5. The van der Waals surface area contributed by atoms with Crippen LogP contribution in [0.1, 0.15) is 25.7 Å². The Bertz CT molecular complexity index is 628. The second-order valence-corrected chi connectivity index (χ2v) is 7.78. The van der Waals surface area contributed by atoms with Crippen molar-refractivity contribution in [1.29, 1.82) is 0 Å². The molecule has 9 heteroatoms. The molecule has 0 aromatic heterocycles. The van der Waals surface area contributed by atoms with Crippen molar-refractivity contribution in [2.24, 2.45) is 0 Å². The maximum absolute atomic E-state index is 12.5. The predicted molar refractivity (Wildman–Crippen MR) is 87.0 cm³/mol. The van der Waals surface area contributed by atoms with E-state index >= 15 is 0 Å². The molecule has 1 atom stereocenters. The van der Waals surface area contributed by atoms with Crippen molar-refractivity contribution in [1.82, 2.24) is 9.39 Å². The lowest BCUT2D eigenvalue weighted by molar-refractivity contribution is -0.387. The number of sulfonamides is 1. The topological polar surface area (TPSA) is 92.5 Å². The number of para-hydroxylation sites is 1. The summed E-state index contributed by atoms with van der Waals surface area (Å²) < 4.78 is 29.7. The quantitative estimate of drug-likeness (QED) is 0.511. The predicted octanol–water partition coefficient (Wildman–Crippen LogP) is 1.91. The van der Waals surface area contributed by atoms with Gasteiger partial charge in [0.15, 0.2) is 4.90 Å². The van der Waals surface area contributed by atoms with Gasteiger partial charge in [-0.2, -0.15) is 0 Å². The van der Waals surface area contributed by atoms with E-state index in [1.807, 2.05) is 0 Å². The molecule has 1 fully saturated rings. The average molecular weight is 345 g/mol. The standard InChI is InChI=1S/C13H20N3O4PS/c17-16(18)12-7-1-2-8-13(12)22(19,20)14-11-5-3-9-15(21)10-4-6-11/h1-2,7-8,11,14H,3-6,9-10,21H2. The van der Waals surface area contributed by atoms with E-state index in [1.54, 1.807) is 0 Å². The molecule has 0 spiro atoms. The molecule has 1 unspecified atom stereocenters. The summed E-state index contributed by atoms with van der Waals surface area (Å²) in [5.41, 5.74) is -0.392. The largest absolute Gasteiger partial charge is 0.289 e. The summed E-state index contributed by atoms with van der Waals surface area (Å²) >= 11 is 0. The van der Waals surface area contributed by atoms with Crippen LogP contribution in [0.5, 0.6) is 0 Å². The molecule has 0 bridgehead atoms. The molecule has 1 aliphatic heterocycles. The first kappa shape index (κ1) is 17.3. The summed E-state index contributed by atoms with van der Waals surface area (Å²) in [4.78, 5) is 10.1. The van der Waals surface area contributed by atoms with E-state index in [4.69, 9.17) is 0 Å². The smallest absolute Gasteiger partial charge is 0.287 e. The van der Waals surface area contributed by atoms with Gasteiger partial charge in [-0.05, 0) is 31.7 Å². The van der Waals surface area contributed by atoms with Gasteiger partial charge in [-0.3, -0.25) is 14.8 Å². The number of nitrogens with zero attached hydrogens (tertiary/aromatic N) is 2. The molecule has 1 N–H and O–H groups in total. The van der Waals surface area contributed by atoms with E-state index in [1.165, 1.54) is 24.3 Å². The molecule has 122 valence electrons. The third kappa shape index (κ3) is 4.46. The maximum atomic E-state index is 12.5. The second-order valence-electron chi connectivity index (χ2n) is 5.36. The molecule has 2 rings (SSSR count). The van der Waals surface area contributed by atoms with E-state index in [0.717, 1.165) is 38.8 Å². The molecule has 7 nitrogen and oxygen atoms in total. The van der Waals surface area contributed by atoms with Gasteiger partial charge in [-0.15, -0.1) is 0 Å². The summed E-state index contributed by atoms with van der Waals surface area (Å²) in [6.07, 6.45) is 3.22. The van der Waals surface area contributed by atoms with Crippen molar-refractivity contribution < 1.29 is 13.3 Å². The van der Waals surface area contributed by atoms with Crippen molar-refractivity contribution in [3.05, 3.63) is 34.4 Å². The van der Waals surface area contributed by atoms with Crippen LogP contribution in [-0.2, 0) is 10.0 Å². The highest BCUT2D eigenvalue weighted by molar-refractivity contribution is 7.89. The van der Waals surface area contributed by atoms with Gasteiger partial charge in [0.2, 0.25) is 10.0 Å². The Balaban J connectivity index is 2.16. The molecule has 1 aromatic rings. The zero-order valence-corrected chi connectivity index (χ0v) is 14.1. The number of benzene rings is 1. The van der Waals surface area contributed by atoms with Gasteiger partial charge < -0.3 is 0 Å². The third-order valence-corrected chi connectivity index (χ3v) is 5.75. The molecule has 1 aromatic carbocycles. The van der Waals surface area contributed by atoms with E-state index in [9.17, 15) is 18.5 Å². The fraction of sp³-hybridized carbons (Fsp3) is 0.538. The summed E-state index contributed by atoms with van der Waals surface area (Å²) in [5, 5.41) is 11.0. The lowest BCUT2D eigenvalue weighted by Gasteiger charge is -2.25. The lowest BCUT2D eigenvalue weighted by Crippen LogP contribution is -2.37. The van der Waals surface area contributed by atoms with Crippen LogP contribution in [0.15, 0.2) is 29.2 Å². The Labute approximate surface area is 132 Å². The SMILES string of the molecule is O=[N+]([O-])c1ccccc1S(=O)(=O)NC1CCCN(P)CCC1. The summed E-state index contributed by atoms with van der Waals surface area (Å²) in [6, 6.07) is 5.25. The van der Waals surface area contributed by atoms with Crippen LogP contribution in [0.2, 0.25) is 0 Å². The number of rotatable bonds is 4. The number of nitro benzene ring substituents is 1. The molecule has 0 saturated carbocycles. The molecule has 1 heterocycles. The minimum atomic E-state index is -3.89. The van der Waals surface area contributed by atoms with Gasteiger partial charge in [-0.25, -0.2) is 13.1 Å². The van der Waals surface area contributed by atoms with Crippen molar-refractivity contribution in [3.63, 3.8) is 0 Å². The van der Waals surface area contributed by atoms with E-state index in [2.05, 4.69) is 18.8 Å². The zero-order valence-electron chi connectivity index (χ0n) is 12.1. The molecular weight excluding hydrogens is 325 g/mol. The number of hydrogen-bond donors (Lipinski definition) is 1. The van der Waals surface area contributed by atoms with Crippen molar-refractivity contribution >= 4 is 25.1 Å². The van der Waals surface area contributed by atoms with Gasteiger partial charge in [0.05, 0.1) is 4.92 Å². The van der Waals surface area contributed by atoms with Gasteiger partial charge in [0.25, 0.3) is 5.69 Å². The van der Waals surface area contributed by atoms with Crippen LogP contribution in [-0.4, -0.2) is 37.1 Å². The van der Waals surface area contributed by atoms with E-state index in [0.29, 0.717) is 0 Å². The van der Waals surface area contributed by atoms with Gasteiger partial charge >= 0.3 is 0 Å². The Hall–Kier alpha value is -1.08. The molecule has 22 heavy (non-hydrogen) atoms. The first-order chi connectivity index (χ1) is 10.4. The molecular formula is C13H20N3O4PS. The number of nitrogens with one attached hydrogen (secondary N) is 1. The highest BCUT2D eigenvalue weighted by atomic mass is 32.2. The van der Waals surface area contributed by atoms with Crippen LogP contribution in [0.4, 0.5) is 5.69 Å².